The normalized spacial score (nSPS) is 19.9. The van der Waals surface area contributed by atoms with Crippen LogP contribution < -0.4 is 10.6 Å². The van der Waals surface area contributed by atoms with E-state index in [1.807, 2.05) is 6.07 Å². The minimum Gasteiger partial charge on any atom is -0.379 e. The van der Waals surface area contributed by atoms with Crippen LogP contribution >= 0.6 is 0 Å². The lowest BCUT2D eigenvalue weighted by atomic mass is 9.84. The molecule has 1 atom stereocenters. The SMILES string of the molecule is CC(c1ccccc1)N(Cc1ccccc1)CC1(COCCOCCN=[N+]=[N-])CNC(c2ccccc2)NC1. The average Bonchev–Trinajstić information content (AvgIpc) is 3.00. The Morgan fingerprint density at radius 3 is 2.18 bits per heavy atom. The van der Waals surface area contributed by atoms with Gasteiger partial charge in [-0.1, -0.05) is 96.1 Å². The Morgan fingerprint density at radius 1 is 0.897 bits per heavy atom. The van der Waals surface area contributed by atoms with Crippen LogP contribution in [-0.4, -0.2) is 57.5 Å². The highest BCUT2D eigenvalue weighted by Crippen LogP contribution is 2.31. The van der Waals surface area contributed by atoms with Crippen molar-refractivity contribution in [1.29, 1.82) is 0 Å². The molecule has 0 spiro atoms. The van der Waals surface area contributed by atoms with Crippen molar-refractivity contribution in [3.8, 4) is 0 Å². The summed E-state index contributed by atoms with van der Waals surface area (Å²) in [5, 5.41) is 11.0. The third-order valence-corrected chi connectivity index (χ3v) is 7.27. The number of azide groups is 1. The predicted molar refractivity (Wildman–Crippen MR) is 155 cm³/mol. The fourth-order valence-electron chi connectivity index (χ4n) is 5.09. The van der Waals surface area contributed by atoms with Gasteiger partial charge in [0.05, 0.1) is 32.6 Å². The standard InChI is InChI=1S/C31H40N6O2/c1-26(28-13-7-3-8-14-28)37(21-27-11-5-2-6-12-27)24-31(25-39-20-19-38-18-17-35-36-32)22-33-30(34-23-31)29-15-9-4-10-16-29/h2-16,26,30,33-34H,17-25H2,1H3. The largest absolute Gasteiger partial charge is 0.379 e. The second-order valence-electron chi connectivity index (χ2n) is 10.2. The van der Waals surface area contributed by atoms with E-state index in [9.17, 15) is 0 Å². The van der Waals surface area contributed by atoms with Gasteiger partial charge < -0.3 is 9.47 Å². The zero-order valence-corrected chi connectivity index (χ0v) is 22.8. The van der Waals surface area contributed by atoms with Crippen LogP contribution in [0.25, 0.3) is 10.4 Å². The second-order valence-corrected chi connectivity index (χ2v) is 10.2. The van der Waals surface area contributed by atoms with Crippen molar-refractivity contribution in [1.82, 2.24) is 15.5 Å². The van der Waals surface area contributed by atoms with Crippen molar-refractivity contribution in [3.05, 3.63) is 118 Å². The van der Waals surface area contributed by atoms with E-state index in [0.29, 0.717) is 33.0 Å². The van der Waals surface area contributed by atoms with Gasteiger partial charge in [-0.15, -0.1) is 0 Å². The van der Waals surface area contributed by atoms with Gasteiger partial charge in [-0.25, -0.2) is 0 Å². The molecule has 1 unspecified atom stereocenters. The first-order valence-corrected chi connectivity index (χ1v) is 13.7. The molecule has 3 aromatic carbocycles. The fourth-order valence-corrected chi connectivity index (χ4v) is 5.09. The number of ether oxygens (including phenoxy) is 2. The minimum absolute atomic E-state index is 0.109. The number of nitrogens with zero attached hydrogens (tertiary/aromatic N) is 4. The Balaban J connectivity index is 1.48. The van der Waals surface area contributed by atoms with Crippen molar-refractivity contribution in [2.75, 3.05) is 52.6 Å². The highest BCUT2D eigenvalue weighted by atomic mass is 16.5. The van der Waals surface area contributed by atoms with Crippen LogP contribution in [0.5, 0.6) is 0 Å². The van der Waals surface area contributed by atoms with Gasteiger partial charge in [0.2, 0.25) is 0 Å². The summed E-state index contributed by atoms with van der Waals surface area (Å²) < 4.78 is 11.8. The summed E-state index contributed by atoms with van der Waals surface area (Å²) in [6, 6.07) is 32.1. The van der Waals surface area contributed by atoms with E-state index in [1.165, 1.54) is 16.7 Å². The Morgan fingerprint density at radius 2 is 1.51 bits per heavy atom. The van der Waals surface area contributed by atoms with Gasteiger partial charge in [0.1, 0.15) is 0 Å². The highest BCUT2D eigenvalue weighted by Gasteiger charge is 2.38. The molecule has 8 nitrogen and oxygen atoms in total. The van der Waals surface area contributed by atoms with E-state index in [4.69, 9.17) is 15.0 Å². The molecule has 2 N–H and O–H groups in total. The van der Waals surface area contributed by atoms with Gasteiger partial charge in [-0.05, 0) is 29.1 Å². The van der Waals surface area contributed by atoms with E-state index < -0.39 is 0 Å². The Bertz CT molecular complexity index is 1130. The topological polar surface area (TPSA) is 94.5 Å². The van der Waals surface area contributed by atoms with Crippen LogP contribution in [0.1, 0.15) is 35.8 Å². The molecule has 0 bridgehead atoms. The van der Waals surface area contributed by atoms with Gasteiger partial charge in [-0.3, -0.25) is 15.5 Å². The molecular formula is C31H40N6O2. The molecule has 0 radical (unpaired) electrons. The number of nitrogens with one attached hydrogen (secondary N) is 2. The van der Waals surface area contributed by atoms with Crippen molar-refractivity contribution in [2.24, 2.45) is 10.5 Å². The van der Waals surface area contributed by atoms with Crippen molar-refractivity contribution < 1.29 is 9.47 Å². The first-order valence-electron chi connectivity index (χ1n) is 13.7. The Hall–Kier alpha value is -3.23. The Labute approximate surface area is 232 Å². The molecule has 1 heterocycles. The summed E-state index contributed by atoms with van der Waals surface area (Å²) in [7, 11) is 0. The van der Waals surface area contributed by atoms with Crippen LogP contribution in [-0.2, 0) is 16.0 Å². The van der Waals surface area contributed by atoms with E-state index in [-0.39, 0.29) is 17.6 Å². The van der Waals surface area contributed by atoms with Gasteiger partial charge in [0.25, 0.3) is 0 Å². The molecule has 0 amide bonds. The fraction of sp³-hybridized carbons (Fsp3) is 0.419. The van der Waals surface area contributed by atoms with Crippen LogP contribution in [0, 0.1) is 5.41 Å². The molecule has 206 valence electrons. The zero-order valence-electron chi connectivity index (χ0n) is 22.8. The van der Waals surface area contributed by atoms with E-state index >= 15 is 0 Å². The molecule has 8 heteroatoms. The van der Waals surface area contributed by atoms with Crippen molar-refractivity contribution in [2.45, 2.75) is 25.7 Å². The summed E-state index contributed by atoms with van der Waals surface area (Å²) in [6.45, 7) is 7.95. The lowest BCUT2D eigenvalue weighted by Gasteiger charge is -2.45. The first kappa shape index (κ1) is 28.8. The van der Waals surface area contributed by atoms with E-state index in [2.05, 4.69) is 117 Å². The molecule has 0 saturated carbocycles. The summed E-state index contributed by atoms with van der Waals surface area (Å²) in [5.41, 5.74) is 12.1. The number of rotatable bonds is 15. The van der Waals surface area contributed by atoms with Gasteiger partial charge in [-0.2, -0.15) is 0 Å². The maximum atomic E-state index is 8.41. The lowest BCUT2D eigenvalue weighted by molar-refractivity contribution is -0.0253. The summed E-state index contributed by atoms with van der Waals surface area (Å²) >= 11 is 0. The van der Waals surface area contributed by atoms with Crippen LogP contribution in [0.15, 0.2) is 96.1 Å². The summed E-state index contributed by atoms with van der Waals surface area (Å²) in [6.07, 6.45) is 0.109. The summed E-state index contributed by atoms with van der Waals surface area (Å²) in [4.78, 5) is 5.32. The molecule has 39 heavy (non-hydrogen) atoms. The van der Waals surface area contributed by atoms with Gasteiger partial charge in [0.15, 0.2) is 0 Å². The molecule has 4 rings (SSSR count). The van der Waals surface area contributed by atoms with Crippen molar-refractivity contribution >= 4 is 0 Å². The molecule has 1 aliphatic heterocycles. The molecule has 1 saturated heterocycles. The molecule has 3 aromatic rings. The number of hydrogen-bond donors (Lipinski definition) is 2. The highest BCUT2D eigenvalue weighted by molar-refractivity contribution is 5.21. The quantitative estimate of drug-likeness (QED) is 0.118. The molecular weight excluding hydrogens is 488 g/mol. The monoisotopic (exact) mass is 528 g/mol. The van der Waals surface area contributed by atoms with Gasteiger partial charge in [0, 0.05) is 49.1 Å². The third-order valence-electron chi connectivity index (χ3n) is 7.27. The smallest absolute Gasteiger partial charge is 0.0835 e. The van der Waals surface area contributed by atoms with E-state index in [1.54, 1.807) is 0 Å². The lowest BCUT2D eigenvalue weighted by Crippen LogP contribution is -2.59. The molecule has 0 aliphatic carbocycles. The zero-order chi connectivity index (χ0) is 27.2. The second kappa shape index (κ2) is 15.4. The first-order chi connectivity index (χ1) is 19.2. The average molecular weight is 529 g/mol. The molecule has 1 fully saturated rings. The number of hydrogen-bond acceptors (Lipinski definition) is 6. The number of benzene rings is 3. The minimum atomic E-state index is -0.145. The van der Waals surface area contributed by atoms with Crippen molar-refractivity contribution in [3.63, 3.8) is 0 Å². The van der Waals surface area contributed by atoms with Crippen LogP contribution in [0.3, 0.4) is 0 Å². The van der Waals surface area contributed by atoms with Gasteiger partial charge >= 0.3 is 0 Å². The molecule has 1 aliphatic rings. The third kappa shape index (κ3) is 8.90. The van der Waals surface area contributed by atoms with Crippen LogP contribution in [0.2, 0.25) is 0 Å². The maximum absolute atomic E-state index is 8.41. The Kier molecular flexibility index (Phi) is 11.3. The molecule has 0 aromatic heterocycles. The summed E-state index contributed by atoms with van der Waals surface area (Å²) in [5.74, 6) is 0. The maximum Gasteiger partial charge on any atom is 0.0835 e. The van der Waals surface area contributed by atoms with E-state index in [0.717, 1.165) is 26.2 Å². The van der Waals surface area contributed by atoms with Crippen LogP contribution in [0.4, 0.5) is 0 Å². The predicted octanol–water partition coefficient (Wildman–Crippen LogP) is 5.47.